The van der Waals surface area contributed by atoms with Gasteiger partial charge in [0.05, 0.1) is 19.1 Å². The van der Waals surface area contributed by atoms with Gasteiger partial charge in [-0.05, 0) is 78.2 Å². The summed E-state index contributed by atoms with van der Waals surface area (Å²) in [6.07, 6.45) is 0. The number of nitrogens with zero attached hydrogens (tertiary/aromatic N) is 1. The summed E-state index contributed by atoms with van der Waals surface area (Å²) in [5.74, 6) is 2.36. The molecule has 0 radical (unpaired) electrons. The molecule has 1 N–H and O–H groups in total. The Bertz CT molecular complexity index is 1390. The van der Waals surface area contributed by atoms with E-state index in [-0.39, 0.29) is 18.0 Å². The van der Waals surface area contributed by atoms with Crippen LogP contribution in [0.25, 0.3) is 0 Å². The topological polar surface area (TPSA) is 67.9 Å². The predicted octanol–water partition coefficient (Wildman–Crippen LogP) is 6.61. The Morgan fingerprint density at radius 3 is 1.85 bits per heavy atom. The third-order valence-electron chi connectivity index (χ3n) is 6.30. The first-order valence-electron chi connectivity index (χ1n) is 12.7. The fourth-order valence-corrected chi connectivity index (χ4v) is 6.40. The molecule has 0 saturated heterocycles. The summed E-state index contributed by atoms with van der Waals surface area (Å²) < 4.78 is 39.9. The molecule has 0 aliphatic carbocycles. The van der Waals surface area contributed by atoms with E-state index >= 15 is 0 Å². The van der Waals surface area contributed by atoms with Crippen LogP contribution in [0.4, 0.5) is 5.69 Å². The maximum Gasteiger partial charge on any atom is 0.243 e. The minimum absolute atomic E-state index is 0.230. The van der Waals surface area contributed by atoms with Crippen LogP contribution in [0.5, 0.6) is 11.5 Å². The summed E-state index contributed by atoms with van der Waals surface area (Å²) in [5.41, 5.74) is 3.56. The summed E-state index contributed by atoms with van der Waals surface area (Å²) in [6.45, 7) is 3.17. The zero-order valence-corrected chi connectivity index (χ0v) is 24.1. The Morgan fingerprint density at radius 1 is 0.769 bits per heavy atom. The number of thioether (sulfide) groups is 1. The lowest BCUT2D eigenvalue weighted by molar-refractivity contribution is 0.397. The number of sulfonamides is 1. The normalized spacial score (nSPS) is 11.4. The van der Waals surface area contributed by atoms with Crippen molar-refractivity contribution in [1.29, 1.82) is 0 Å². The van der Waals surface area contributed by atoms with Gasteiger partial charge in [-0.1, -0.05) is 42.5 Å². The number of rotatable bonds is 13. The minimum Gasteiger partial charge on any atom is -0.497 e. The first-order chi connectivity index (χ1) is 18.9. The molecule has 4 rings (SSSR count). The fourth-order valence-electron chi connectivity index (χ4n) is 4.11. The Labute approximate surface area is 236 Å². The Hall–Kier alpha value is -3.46. The molecular weight excluding hydrogens is 528 g/mol. The lowest BCUT2D eigenvalue weighted by Gasteiger charge is -2.23. The van der Waals surface area contributed by atoms with Crippen LogP contribution in [-0.4, -0.2) is 39.2 Å². The van der Waals surface area contributed by atoms with Crippen molar-refractivity contribution in [2.75, 3.05) is 31.8 Å². The number of aryl methyl sites for hydroxylation is 1. The van der Waals surface area contributed by atoms with Gasteiger partial charge in [-0.3, -0.25) is 0 Å². The van der Waals surface area contributed by atoms with E-state index < -0.39 is 10.0 Å². The van der Waals surface area contributed by atoms with E-state index in [4.69, 9.17) is 9.47 Å². The van der Waals surface area contributed by atoms with Crippen LogP contribution in [0.2, 0.25) is 0 Å². The lowest BCUT2D eigenvalue weighted by Crippen LogP contribution is -2.30. The van der Waals surface area contributed by atoms with Crippen LogP contribution in [-0.2, 0) is 23.1 Å². The van der Waals surface area contributed by atoms with E-state index in [0.29, 0.717) is 0 Å². The molecule has 0 atom stereocenters. The third-order valence-corrected chi connectivity index (χ3v) is 9.10. The smallest absolute Gasteiger partial charge is 0.243 e. The number of benzene rings is 4. The third kappa shape index (κ3) is 7.79. The Balaban J connectivity index is 1.51. The monoisotopic (exact) mass is 562 g/mol. The van der Waals surface area contributed by atoms with Crippen LogP contribution in [0.15, 0.2) is 107 Å². The molecule has 0 amide bonds. The van der Waals surface area contributed by atoms with Crippen molar-refractivity contribution in [3.63, 3.8) is 0 Å². The molecule has 0 aliphatic heterocycles. The minimum atomic E-state index is -3.79. The molecule has 4 aromatic carbocycles. The molecule has 39 heavy (non-hydrogen) atoms. The van der Waals surface area contributed by atoms with Gasteiger partial charge in [-0.15, -0.1) is 11.8 Å². The van der Waals surface area contributed by atoms with Crippen LogP contribution in [0, 0.1) is 6.92 Å². The summed E-state index contributed by atoms with van der Waals surface area (Å²) >= 11 is 1.78. The highest BCUT2D eigenvalue weighted by atomic mass is 32.2. The molecule has 0 fully saturated rings. The molecule has 204 valence electrons. The number of hydrogen-bond acceptors (Lipinski definition) is 6. The summed E-state index contributed by atoms with van der Waals surface area (Å²) in [4.78, 5) is 1.50. The average molecular weight is 563 g/mol. The van der Waals surface area contributed by atoms with Gasteiger partial charge in [0.1, 0.15) is 11.5 Å². The van der Waals surface area contributed by atoms with Crippen LogP contribution in [0.3, 0.4) is 0 Å². The number of nitrogens with one attached hydrogen (secondary N) is 1. The maximum atomic E-state index is 13.9. The molecule has 0 heterocycles. The quantitative estimate of drug-likeness (QED) is 0.146. The molecule has 0 spiro atoms. The van der Waals surface area contributed by atoms with Crippen LogP contribution >= 0.6 is 11.8 Å². The van der Waals surface area contributed by atoms with Gasteiger partial charge in [0.2, 0.25) is 10.0 Å². The number of hydrogen-bond donors (Lipinski definition) is 1. The molecule has 0 bridgehead atoms. The highest BCUT2D eigenvalue weighted by Gasteiger charge is 2.26. The van der Waals surface area contributed by atoms with Crippen molar-refractivity contribution in [3.05, 3.63) is 114 Å². The summed E-state index contributed by atoms with van der Waals surface area (Å²) in [5, 5.41) is 3.44. The lowest BCUT2D eigenvalue weighted by atomic mass is 10.2. The van der Waals surface area contributed by atoms with Crippen molar-refractivity contribution in [2.45, 2.75) is 29.8 Å². The Morgan fingerprint density at radius 2 is 1.33 bits per heavy atom. The summed E-state index contributed by atoms with van der Waals surface area (Å²) in [6, 6.07) is 30.5. The van der Waals surface area contributed by atoms with Crippen molar-refractivity contribution < 1.29 is 17.9 Å². The molecule has 0 saturated carbocycles. The molecular formula is C31H34N2O4S2. The van der Waals surface area contributed by atoms with Gasteiger partial charge in [-0.25, -0.2) is 8.42 Å². The van der Waals surface area contributed by atoms with E-state index in [1.807, 2.05) is 79.7 Å². The van der Waals surface area contributed by atoms with Crippen molar-refractivity contribution in [3.8, 4) is 11.5 Å². The molecule has 0 aliphatic rings. The fraction of sp³-hybridized carbons (Fsp3) is 0.226. The number of anilines is 1. The highest BCUT2D eigenvalue weighted by Crippen LogP contribution is 2.27. The molecule has 8 heteroatoms. The average Bonchev–Trinajstić information content (AvgIpc) is 2.97. The van der Waals surface area contributed by atoms with E-state index in [2.05, 4.69) is 17.4 Å². The zero-order valence-electron chi connectivity index (χ0n) is 22.5. The molecule has 4 aromatic rings. The van der Waals surface area contributed by atoms with Crippen molar-refractivity contribution in [2.24, 2.45) is 0 Å². The molecule has 0 aromatic heterocycles. The predicted molar refractivity (Wildman–Crippen MR) is 159 cm³/mol. The number of methoxy groups -OCH3 is 2. The van der Waals surface area contributed by atoms with Gasteiger partial charge in [-0.2, -0.15) is 4.31 Å². The zero-order chi connectivity index (χ0) is 27.7. The van der Waals surface area contributed by atoms with E-state index in [9.17, 15) is 8.42 Å². The van der Waals surface area contributed by atoms with Gasteiger partial charge in [0.15, 0.2) is 0 Å². The maximum absolute atomic E-state index is 13.9. The van der Waals surface area contributed by atoms with E-state index in [0.717, 1.165) is 46.2 Å². The molecule has 0 unspecified atom stereocenters. The highest BCUT2D eigenvalue weighted by molar-refractivity contribution is 7.99. The first kappa shape index (κ1) is 28.5. The van der Waals surface area contributed by atoms with E-state index in [1.54, 1.807) is 38.1 Å². The standard InChI is InChI=1S/C31H34N2O4S2/c1-24-21-30(17-18-31(24)32-19-20-38-29-7-5-4-6-8-29)39(34,35)33(22-25-9-13-27(36-2)14-10-25)23-26-11-15-28(37-3)16-12-26/h4-18,21,32H,19-20,22-23H2,1-3H3. The van der Waals surface area contributed by atoms with Crippen molar-refractivity contribution >= 4 is 27.5 Å². The summed E-state index contributed by atoms with van der Waals surface area (Å²) in [7, 11) is -0.571. The van der Waals surface area contributed by atoms with Crippen molar-refractivity contribution in [1.82, 2.24) is 4.31 Å². The first-order valence-corrected chi connectivity index (χ1v) is 15.1. The second-order valence-electron chi connectivity index (χ2n) is 9.03. The van der Waals surface area contributed by atoms with Gasteiger partial charge in [0.25, 0.3) is 0 Å². The van der Waals surface area contributed by atoms with Gasteiger partial charge >= 0.3 is 0 Å². The molecule has 6 nitrogen and oxygen atoms in total. The second kappa shape index (κ2) is 13.6. The van der Waals surface area contributed by atoms with Gasteiger partial charge in [0, 0.05) is 36.0 Å². The van der Waals surface area contributed by atoms with Gasteiger partial charge < -0.3 is 14.8 Å². The SMILES string of the molecule is COc1ccc(CN(Cc2ccc(OC)cc2)S(=O)(=O)c2ccc(NCCSc3ccccc3)c(C)c2)cc1. The second-order valence-corrected chi connectivity index (χ2v) is 12.1. The Kier molecular flexibility index (Phi) is 9.92. The van der Waals surface area contributed by atoms with Crippen LogP contribution < -0.4 is 14.8 Å². The largest absolute Gasteiger partial charge is 0.497 e. The number of ether oxygens (including phenoxy) is 2. The van der Waals surface area contributed by atoms with Crippen LogP contribution in [0.1, 0.15) is 16.7 Å². The van der Waals surface area contributed by atoms with E-state index in [1.165, 1.54) is 9.20 Å².